The molecule has 1 aliphatic rings. The van der Waals surface area contributed by atoms with Gasteiger partial charge in [-0.3, -0.25) is 0 Å². The van der Waals surface area contributed by atoms with E-state index in [4.69, 9.17) is 4.74 Å². The minimum absolute atomic E-state index is 0.0960. The standard InChI is InChI=1S/C17H22N4O3S/c1-12-19-16(18-10-13-5-3-4-6-15(13)24-2)9-17(20-12)21-14-7-8-25(22,23)11-14/h3-6,9,14H,7-8,10-11H2,1-2H3,(H2,18,19,20,21). The molecule has 1 unspecified atom stereocenters. The van der Waals surface area contributed by atoms with Crippen molar-refractivity contribution in [1.29, 1.82) is 0 Å². The minimum Gasteiger partial charge on any atom is -0.496 e. The van der Waals surface area contributed by atoms with E-state index in [1.807, 2.05) is 31.2 Å². The molecule has 8 heteroatoms. The lowest BCUT2D eigenvalue weighted by molar-refractivity contribution is 0.410. The van der Waals surface area contributed by atoms with Crippen molar-refractivity contribution in [2.24, 2.45) is 0 Å². The predicted octanol–water partition coefficient (Wildman–Crippen LogP) is 2.00. The Hall–Kier alpha value is -2.35. The third-order valence-corrected chi connectivity index (χ3v) is 5.84. The zero-order chi connectivity index (χ0) is 17.9. The number of benzene rings is 1. The van der Waals surface area contributed by atoms with Crippen molar-refractivity contribution in [2.45, 2.75) is 25.9 Å². The zero-order valence-corrected chi connectivity index (χ0v) is 15.1. The highest BCUT2D eigenvalue weighted by molar-refractivity contribution is 7.91. The van der Waals surface area contributed by atoms with E-state index in [-0.39, 0.29) is 17.5 Å². The molecule has 2 N–H and O–H groups in total. The van der Waals surface area contributed by atoms with Crippen LogP contribution in [-0.2, 0) is 16.4 Å². The molecule has 7 nitrogen and oxygen atoms in total. The van der Waals surface area contributed by atoms with Crippen LogP contribution in [0.3, 0.4) is 0 Å². The molecule has 0 aliphatic carbocycles. The van der Waals surface area contributed by atoms with Crippen LogP contribution in [0.25, 0.3) is 0 Å². The number of sulfone groups is 1. The molecule has 25 heavy (non-hydrogen) atoms. The van der Waals surface area contributed by atoms with Crippen LogP contribution in [0.15, 0.2) is 30.3 Å². The van der Waals surface area contributed by atoms with Crippen LogP contribution in [0.2, 0.25) is 0 Å². The Morgan fingerprint density at radius 1 is 1.24 bits per heavy atom. The third-order valence-electron chi connectivity index (χ3n) is 4.07. The first-order valence-electron chi connectivity index (χ1n) is 8.13. The molecule has 1 aliphatic heterocycles. The van der Waals surface area contributed by atoms with E-state index in [2.05, 4.69) is 20.6 Å². The molecule has 1 atom stereocenters. The van der Waals surface area contributed by atoms with Crippen molar-refractivity contribution >= 4 is 21.5 Å². The number of nitrogens with zero attached hydrogens (tertiary/aromatic N) is 2. The molecule has 3 rings (SSSR count). The van der Waals surface area contributed by atoms with Crippen molar-refractivity contribution in [3.8, 4) is 5.75 Å². The van der Waals surface area contributed by atoms with Gasteiger partial charge < -0.3 is 15.4 Å². The number of hydrogen-bond donors (Lipinski definition) is 2. The molecular weight excluding hydrogens is 340 g/mol. The van der Waals surface area contributed by atoms with Gasteiger partial charge in [-0.05, 0) is 19.4 Å². The Balaban J connectivity index is 1.69. The highest BCUT2D eigenvalue weighted by atomic mass is 32.2. The molecule has 0 spiro atoms. The molecule has 1 aromatic heterocycles. The van der Waals surface area contributed by atoms with Gasteiger partial charge >= 0.3 is 0 Å². The molecule has 0 amide bonds. The molecule has 134 valence electrons. The topological polar surface area (TPSA) is 93.2 Å². The lowest BCUT2D eigenvalue weighted by atomic mass is 10.2. The zero-order valence-electron chi connectivity index (χ0n) is 14.3. The van der Waals surface area contributed by atoms with Crippen LogP contribution in [-0.4, -0.2) is 43.0 Å². The Kier molecular flexibility index (Phi) is 5.08. The number of methoxy groups -OCH3 is 1. The molecule has 1 aromatic carbocycles. The van der Waals surface area contributed by atoms with E-state index in [9.17, 15) is 8.42 Å². The van der Waals surface area contributed by atoms with E-state index in [1.54, 1.807) is 13.2 Å². The SMILES string of the molecule is COc1ccccc1CNc1cc(NC2CCS(=O)(=O)C2)nc(C)n1. The van der Waals surface area contributed by atoms with Gasteiger partial charge in [-0.2, -0.15) is 0 Å². The number of anilines is 2. The Morgan fingerprint density at radius 2 is 2.00 bits per heavy atom. The molecule has 0 radical (unpaired) electrons. The maximum absolute atomic E-state index is 11.6. The second kappa shape index (κ2) is 7.26. The number of ether oxygens (including phenoxy) is 1. The van der Waals surface area contributed by atoms with E-state index in [0.717, 1.165) is 11.3 Å². The number of aromatic nitrogens is 2. The highest BCUT2D eigenvalue weighted by Gasteiger charge is 2.28. The van der Waals surface area contributed by atoms with Gasteiger partial charge in [0.1, 0.15) is 23.2 Å². The average Bonchev–Trinajstić information content (AvgIpc) is 2.91. The van der Waals surface area contributed by atoms with Gasteiger partial charge in [-0.15, -0.1) is 0 Å². The maximum Gasteiger partial charge on any atom is 0.152 e. The van der Waals surface area contributed by atoms with Gasteiger partial charge in [-0.25, -0.2) is 18.4 Å². The summed E-state index contributed by atoms with van der Waals surface area (Å²) < 4.78 is 28.5. The maximum atomic E-state index is 11.6. The first kappa shape index (κ1) is 17.5. The van der Waals surface area contributed by atoms with Gasteiger partial charge in [0.2, 0.25) is 0 Å². The Labute approximate surface area is 147 Å². The molecule has 0 bridgehead atoms. The van der Waals surface area contributed by atoms with E-state index in [0.29, 0.717) is 30.4 Å². The van der Waals surface area contributed by atoms with Crippen LogP contribution in [0.5, 0.6) is 5.75 Å². The average molecular weight is 362 g/mol. The monoisotopic (exact) mass is 362 g/mol. The summed E-state index contributed by atoms with van der Waals surface area (Å²) >= 11 is 0. The molecule has 1 fully saturated rings. The lowest BCUT2D eigenvalue weighted by Gasteiger charge is -2.14. The molecule has 2 aromatic rings. The normalized spacial score (nSPS) is 18.7. The highest BCUT2D eigenvalue weighted by Crippen LogP contribution is 2.21. The summed E-state index contributed by atoms with van der Waals surface area (Å²) in [4.78, 5) is 8.74. The fourth-order valence-electron chi connectivity index (χ4n) is 2.88. The van der Waals surface area contributed by atoms with Crippen molar-refractivity contribution in [2.75, 3.05) is 29.2 Å². The van der Waals surface area contributed by atoms with Crippen LogP contribution in [0.4, 0.5) is 11.6 Å². The van der Waals surface area contributed by atoms with E-state index < -0.39 is 9.84 Å². The third kappa shape index (κ3) is 4.60. The molecule has 0 saturated carbocycles. The second-order valence-electron chi connectivity index (χ2n) is 6.10. The van der Waals surface area contributed by atoms with E-state index in [1.165, 1.54) is 0 Å². The van der Waals surface area contributed by atoms with Crippen molar-refractivity contribution in [3.63, 3.8) is 0 Å². The smallest absolute Gasteiger partial charge is 0.152 e. The number of nitrogens with one attached hydrogen (secondary N) is 2. The quantitative estimate of drug-likeness (QED) is 0.812. The fraction of sp³-hybridized carbons (Fsp3) is 0.412. The number of aryl methyl sites for hydroxylation is 1. The predicted molar refractivity (Wildman–Crippen MR) is 97.8 cm³/mol. The second-order valence-corrected chi connectivity index (χ2v) is 8.32. The van der Waals surface area contributed by atoms with Crippen LogP contribution >= 0.6 is 0 Å². The summed E-state index contributed by atoms with van der Waals surface area (Å²) in [6.45, 7) is 2.38. The molecule has 1 saturated heterocycles. The fourth-order valence-corrected chi connectivity index (χ4v) is 4.56. The van der Waals surface area contributed by atoms with Crippen LogP contribution in [0.1, 0.15) is 17.8 Å². The first-order chi connectivity index (χ1) is 11.9. The minimum atomic E-state index is -2.93. The summed E-state index contributed by atoms with van der Waals surface area (Å²) in [6.07, 6.45) is 0.607. The van der Waals surface area contributed by atoms with Crippen LogP contribution < -0.4 is 15.4 Å². The Morgan fingerprint density at radius 3 is 2.72 bits per heavy atom. The molecule has 2 heterocycles. The summed E-state index contributed by atoms with van der Waals surface area (Å²) in [5.41, 5.74) is 1.03. The molecular formula is C17H22N4O3S. The van der Waals surface area contributed by atoms with Gasteiger partial charge in [-0.1, -0.05) is 18.2 Å². The van der Waals surface area contributed by atoms with Crippen molar-refractivity contribution in [3.05, 3.63) is 41.7 Å². The van der Waals surface area contributed by atoms with Crippen molar-refractivity contribution in [1.82, 2.24) is 9.97 Å². The van der Waals surface area contributed by atoms with Crippen molar-refractivity contribution < 1.29 is 13.2 Å². The van der Waals surface area contributed by atoms with Crippen LogP contribution in [0, 0.1) is 6.92 Å². The summed E-state index contributed by atoms with van der Waals surface area (Å²) in [6, 6.07) is 9.49. The van der Waals surface area contributed by atoms with E-state index >= 15 is 0 Å². The first-order valence-corrected chi connectivity index (χ1v) is 9.96. The summed E-state index contributed by atoms with van der Waals surface area (Å²) in [5, 5.41) is 6.47. The number of rotatable bonds is 6. The summed E-state index contributed by atoms with van der Waals surface area (Å²) in [7, 11) is -1.28. The van der Waals surface area contributed by atoms with Gasteiger partial charge in [0, 0.05) is 24.2 Å². The Bertz CT molecular complexity index is 855. The van der Waals surface area contributed by atoms with Gasteiger partial charge in [0.15, 0.2) is 9.84 Å². The largest absolute Gasteiger partial charge is 0.496 e. The van der Waals surface area contributed by atoms with Gasteiger partial charge in [0.05, 0.1) is 18.6 Å². The number of para-hydroxylation sites is 1. The summed E-state index contributed by atoms with van der Waals surface area (Å²) in [5.74, 6) is 3.13. The number of hydrogen-bond acceptors (Lipinski definition) is 7. The lowest BCUT2D eigenvalue weighted by Crippen LogP contribution is -2.21. The van der Waals surface area contributed by atoms with Gasteiger partial charge in [0.25, 0.3) is 0 Å².